The second-order valence-corrected chi connectivity index (χ2v) is 12.7. The summed E-state index contributed by atoms with van der Waals surface area (Å²) in [5.41, 5.74) is 7.71. The summed E-state index contributed by atoms with van der Waals surface area (Å²) in [6.07, 6.45) is -2.75. The van der Waals surface area contributed by atoms with Gasteiger partial charge in [0.25, 0.3) is 0 Å². The van der Waals surface area contributed by atoms with Crippen LogP contribution in [0.25, 0.3) is 0 Å². The Balaban J connectivity index is 1.58. The Bertz CT molecular complexity index is 1350. The molecule has 12 heteroatoms. The van der Waals surface area contributed by atoms with Gasteiger partial charge < -0.3 is 16.0 Å². The average Bonchev–Trinajstić information content (AvgIpc) is 2.88. The first-order valence-electron chi connectivity index (χ1n) is 13.4. The molecule has 8 nitrogen and oxygen atoms in total. The molecular weight excluding hydrogens is 545 g/mol. The molecule has 1 fully saturated rings. The average molecular weight is 581 g/mol. The predicted molar refractivity (Wildman–Crippen MR) is 143 cm³/mol. The van der Waals surface area contributed by atoms with E-state index in [1.54, 1.807) is 4.90 Å². The summed E-state index contributed by atoms with van der Waals surface area (Å²) in [5.74, 6) is -0.862. The van der Waals surface area contributed by atoms with Gasteiger partial charge in [-0.15, -0.1) is 0 Å². The van der Waals surface area contributed by atoms with Crippen molar-refractivity contribution in [1.82, 2.24) is 14.5 Å². The molecule has 1 heterocycles. The van der Waals surface area contributed by atoms with Crippen LogP contribution in [0.4, 0.5) is 13.2 Å². The maximum absolute atomic E-state index is 13.8. The first kappa shape index (κ1) is 30.0. The Morgan fingerprint density at radius 1 is 1.12 bits per heavy atom. The van der Waals surface area contributed by atoms with E-state index in [9.17, 15) is 31.2 Å². The summed E-state index contributed by atoms with van der Waals surface area (Å²) >= 11 is 0. The number of aryl methyl sites for hydroxylation is 1. The maximum Gasteiger partial charge on any atom is 0.416 e. The zero-order valence-corrected chi connectivity index (χ0v) is 23.4. The van der Waals surface area contributed by atoms with Gasteiger partial charge in [0.2, 0.25) is 21.8 Å². The van der Waals surface area contributed by atoms with Crippen molar-refractivity contribution in [2.75, 3.05) is 19.6 Å². The third-order valence-corrected chi connectivity index (χ3v) is 9.33. The molecule has 0 aromatic heterocycles. The van der Waals surface area contributed by atoms with Gasteiger partial charge in [-0.3, -0.25) is 9.59 Å². The SMILES string of the molecule is CC(C)CNCc1ccc2c(c1)CCC[C@H]2N1CCN(S(=O)(=O)c2ccc(C(F)(F)F)cc2)C(CC(N)=O)C1=O. The summed E-state index contributed by atoms with van der Waals surface area (Å²) < 4.78 is 66.8. The molecule has 1 unspecified atom stereocenters. The molecule has 0 spiro atoms. The van der Waals surface area contributed by atoms with Crippen LogP contribution >= 0.6 is 0 Å². The lowest BCUT2D eigenvalue weighted by atomic mass is 9.85. The molecule has 0 bridgehead atoms. The summed E-state index contributed by atoms with van der Waals surface area (Å²) in [5, 5.41) is 3.43. The number of nitrogens with two attached hydrogens (primary N) is 1. The highest BCUT2D eigenvalue weighted by atomic mass is 32.2. The van der Waals surface area contributed by atoms with Crippen LogP contribution in [0.15, 0.2) is 47.4 Å². The number of sulfonamides is 1. The fourth-order valence-electron chi connectivity index (χ4n) is 5.50. The number of alkyl halides is 3. The number of carbonyl (C=O) groups is 2. The molecule has 1 saturated heterocycles. The van der Waals surface area contributed by atoms with Crippen LogP contribution in [0.5, 0.6) is 0 Å². The molecule has 2 aromatic rings. The van der Waals surface area contributed by atoms with Crippen molar-refractivity contribution in [2.24, 2.45) is 11.7 Å². The van der Waals surface area contributed by atoms with Crippen molar-refractivity contribution in [3.05, 3.63) is 64.7 Å². The lowest BCUT2D eigenvalue weighted by Gasteiger charge is -2.44. The summed E-state index contributed by atoms with van der Waals surface area (Å²) in [7, 11) is -4.38. The monoisotopic (exact) mass is 580 g/mol. The van der Waals surface area contributed by atoms with Gasteiger partial charge in [-0.2, -0.15) is 17.5 Å². The minimum atomic E-state index is -4.62. The molecule has 218 valence electrons. The highest BCUT2D eigenvalue weighted by molar-refractivity contribution is 7.89. The van der Waals surface area contributed by atoms with Crippen molar-refractivity contribution in [2.45, 2.75) is 69.2 Å². The highest BCUT2D eigenvalue weighted by Gasteiger charge is 2.45. The van der Waals surface area contributed by atoms with E-state index < -0.39 is 50.9 Å². The van der Waals surface area contributed by atoms with E-state index in [0.717, 1.165) is 59.1 Å². The van der Waals surface area contributed by atoms with Gasteiger partial charge in [0.15, 0.2) is 0 Å². The molecule has 4 rings (SSSR count). The summed E-state index contributed by atoms with van der Waals surface area (Å²) in [6.45, 7) is 5.88. The number of benzene rings is 2. The largest absolute Gasteiger partial charge is 0.416 e. The lowest BCUT2D eigenvalue weighted by molar-refractivity contribution is -0.144. The smallest absolute Gasteiger partial charge is 0.370 e. The van der Waals surface area contributed by atoms with Crippen molar-refractivity contribution in [1.29, 1.82) is 0 Å². The molecule has 1 aliphatic heterocycles. The van der Waals surface area contributed by atoms with E-state index in [1.807, 2.05) is 12.1 Å². The Morgan fingerprint density at radius 3 is 2.45 bits per heavy atom. The first-order chi connectivity index (χ1) is 18.8. The summed E-state index contributed by atoms with van der Waals surface area (Å²) in [6, 6.07) is 7.62. The second kappa shape index (κ2) is 11.9. The second-order valence-electron chi connectivity index (χ2n) is 10.8. The van der Waals surface area contributed by atoms with Crippen LogP contribution in [-0.4, -0.2) is 55.1 Å². The van der Waals surface area contributed by atoms with Crippen LogP contribution in [0.3, 0.4) is 0 Å². The molecule has 2 aliphatic rings. The molecule has 1 aliphatic carbocycles. The standard InChI is InChI=1S/C28H35F3N4O4S/c1-18(2)16-33-17-19-6-11-23-20(14-19)4-3-5-24(23)34-12-13-35(25(27(34)37)15-26(32)36)40(38,39)22-9-7-21(8-10-22)28(29,30)31/h6-11,14,18,24-25,33H,3-5,12-13,15-17H2,1-2H3,(H2,32,36)/t24-,25?/m1/s1. The molecule has 0 saturated carbocycles. The third-order valence-electron chi connectivity index (χ3n) is 7.41. The van der Waals surface area contributed by atoms with E-state index in [2.05, 4.69) is 25.2 Å². The van der Waals surface area contributed by atoms with Gasteiger partial charge in [0.05, 0.1) is 22.9 Å². The molecule has 2 amide bonds. The molecule has 40 heavy (non-hydrogen) atoms. The molecule has 2 aromatic carbocycles. The number of nitrogens with zero attached hydrogens (tertiary/aromatic N) is 2. The summed E-state index contributed by atoms with van der Waals surface area (Å²) in [4.78, 5) is 26.9. The van der Waals surface area contributed by atoms with Gasteiger partial charge in [-0.05, 0) is 72.7 Å². The van der Waals surface area contributed by atoms with Crippen molar-refractivity contribution in [3.63, 3.8) is 0 Å². The topological polar surface area (TPSA) is 113 Å². The number of fused-ring (bicyclic) bond motifs is 1. The van der Waals surface area contributed by atoms with Crippen LogP contribution in [0.1, 0.15) is 61.4 Å². The number of primary amides is 1. The van der Waals surface area contributed by atoms with Gasteiger partial charge in [0.1, 0.15) is 6.04 Å². The van der Waals surface area contributed by atoms with Crippen molar-refractivity contribution < 1.29 is 31.2 Å². The van der Waals surface area contributed by atoms with E-state index in [0.29, 0.717) is 24.5 Å². The molecular formula is C28H35F3N4O4S. The zero-order chi connectivity index (χ0) is 29.2. The maximum atomic E-state index is 13.8. The van der Waals surface area contributed by atoms with Crippen LogP contribution in [-0.2, 0) is 38.8 Å². The van der Waals surface area contributed by atoms with Crippen LogP contribution < -0.4 is 11.1 Å². The first-order valence-corrected chi connectivity index (χ1v) is 14.8. The van der Waals surface area contributed by atoms with E-state index in [1.165, 1.54) is 0 Å². The minimum absolute atomic E-state index is 0.0791. The fraction of sp³-hybridized carbons (Fsp3) is 0.500. The van der Waals surface area contributed by atoms with E-state index in [4.69, 9.17) is 5.73 Å². The van der Waals surface area contributed by atoms with Crippen LogP contribution in [0.2, 0.25) is 0 Å². The number of hydrogen-bond donors (Lipinski definition) is 2. The van der Waals surface area contributed by atoms with Gasteiger partial charge in [-0.1, -0.05) is 32.0 Å². The van der Waals surface area contributed by atoms with E-state index in [-0.39, 0.29) is 19.1 Å². The number of halogens is 3. The fourth-order valence-corrected chi connectivity index (χ4v) is 7.07. The molecule has 2 atom stereocenters. The van der Waals surface area contributed by atoms with Gasteiger partial charge in [-0.25, -0.2) is 8.42 Å². The Labute approximate surface area is 232 Å². The molecule has 0 radical (unpaired) electrons. The number of amides is 2. The van der Waals surface area contributed by atoms with E-state index >= 15 is 0 Å². The van der Waals surface area contributed by atoms with Gasteiger partial charge >= 0.3 is 6.18 Å². The number of hydrogen-bond acceptors (Lipinski definition) is 5. The predicted octanol–water partition coefficient (Wildman–Crippen LogP) is 3.61. The number of carbonyl (C=O) groups excluding carboxylic acids is 2. The number of rotatable bonds is 9. The highest BCUT2D eigenvalue weighted by Crippen LogP contribution is 2.38. The quantitative estimate of drug-likeness (QED) is 0.471. The van der Waals surface area contributed by atoms with Crippen LogP contribution in [0, 0.1) is 5.92 Å². The number of nitrogens with one attached hydrogen (secondary N) is 1. The minimum Gasteiger partial charge on any atom is -0.370 e. The Hall–Kier alpha value is -2.96. The zero-order valence-electron chi connectivity index (χ0n) is 22.6. The Morgan fingerprint density at radius 2 is 1.82 bits per heavy atom. The molecule has 3 N–H and O–H groups in total. The normalized spacial score (nSPS) is 20.6. The van der Waals surface area contributed by atoms with Crippen molar-refractivity contribution >= 4 is 21.8 Å². The third kappa shape index (κ3) is 6.50. The van der Waals surface area contributed by atoms with Crippen molar-refractivity contribution in [3.8, 4) is 0 Å². The Kier molecular flexibility index (Phi) is 8.91. The lowest BCUT2D eigenvalue weighted by Crippen LogP contribution is -2.60. The van der Waals surface area contributed by atoms with Gasteiger partial charge in [0, 0.05) is 19.6 Å². The number of piperazine rings is 1.